The van der Waals surface area contributed by atoms with Crippen LogP contribution in [0.4, 0.5) is 0 Å². The number of carbonyl (C=O) groups is 1. The normalized spacial score (nSPS) is 12.3. The van der Waals surface area contributed by atoms with Crippen LogP contribution in [-0.2, 0) is 31.3 Å². The molecule has 1 N–H and O–H groups in total. The first-order chi connectivity index (χ1) is 21.1. The van der Waals surface area contributed by atoms with Gasteiger partial charge in [-0.2, -0.15) is 0 Å². The number of pyridine rings is 1. The number of rotatable bonds is 3. The van der Waals surface area contributed by atoms with Crippen LogP contribution in [0.2, 0.25) is 0 Å². The van der Waals surface area contributed by atoms with Gasteiger partial charge in [0.25, 0.3) is 0 Å². The molecule has 0 saturated carbocycles. The molecule has 0 saturated heterocycles. The Morgan fingerprint density at radius 1 is 0.889 bits per heavy atom. The number of hydrogen-bond donors (Lipinski definition) is 1. The number of aliphatic hydroxyl groups is 1. The van der Waals surface area contributed by atoms with Crippen molar-refractivity contribution < 1.29 is 34.4 Å². The third-order valence-corrected chi connectivity index (χ3v) is 7.98. The minimum atomic E-state index is -0.125. The first kappa shape index (κ1) is 30.5. The second-order valence-corrected chi connectivity index (χ2v) is 12.8. The van der Waals surface area contributed by atoms with Gasteiger partial charge in [-0.1, -0.05) is 74.2 Å². The van der Waals surface area contributed by atoms with Gasteiger partial charge in [0.15, 0.2) is 5.78 Å². The molecule has 6 heteroatoms. The summed E-state index contributed by atoms with van der Waals surface area (Å²) in [6, 6.07) is 31.6. The van der Waals surface area contributed by atoms with E-state index in [0.29, 0.717) is 0 Å². The number of nitrogens with zero attached hydrogens (tertiary/aromatic N) is 2. The Morgan fingerprint density at radius 3 is 2.33 bits per heavy atom. The summed E-state index contributed by atoms with van der Waals surface area (Å²) in [6.07, 6.45) is 4.10. The molecule has 4 aromatic carbocycles. The van der Waals surface area contributed by atoms with E-state index in [1.807, 2.05) is 12.3 Å². The molecule has 4 aromatic heterocycles. The number of furan rings is 1. The van der Waals surface area contributed by atoms with E-state index in [-0.39, 0.29) is 37.1 Å². The molecule has 227 valence electrons. The zero-order chi connectivity index (χ0) is 30.7. The second kappa shape index (κ2) is 11.4. The van der Waals surface area contributed by atoms with Gasteiger partial charge in [-0.15, -0.1) is 23.8 Å². The summed E-state index contributed by atoms with van der Waals surface area (Å²) in [6.45, 7) is 9.67. The van der Waals surface area contributed by atoms with Crippen LogP contribution < -0.4 is 0 Å². The topological polar surface area (TPSA) is 67.7 Å². The molecule has 0 aliphatic heterocycles. The van der Waals surface area contributed by atoms with E-state index < -0.39 is 0 Å². The van der Waals surface area contributed by atoms with Gasteiger partial charge < -0.3 is 18.9 Å². The van der Waals surface area contributed by atoms with Crippen LogP contribution >= 0.6 is 0 Å². The molecular weight excluding hydrogens is 737 g/mol. The molecular formula is C39H33IrN2O3-. The number of ketones is 1. The fourth-order valence-electron chi connectivity index (χ4n) is 6.50. The van der Waals surface area contributed by atoms with Crippen LogP contribution in [0.1, 0.15) is 40.2 Å². The number of hydrogen-bond acceptors (Lipinski definition) is 4. The standard InChI is InChI=1S/C34H25N2O.C5H8O2.Ir/c1-34(2,3)19-20-14-15-35-26(16-20)21-12-13-28-25(17-21)32-31-23-9-5-7-11-29(23)37-30(31)18-24-22-8-4-6-10-27(22)36(28)33(24)32;1-4(6)3-5(2)7;/h4-11,13-18H,19H2,1-3H3;3,6H,1-2H3;/q-1;;/b;4-3-;. The van der Waals surface area contributed by atoms with Crippen LogP contribution in [0.15, 0.2) is 101 Å². The van der Waals surface area contributed by atoms with Gasteiger partial charge >= 0.3 is 0 Å². The zero-order valence-electron chi connectivity index (χ0n) is 25.9. The number of allylic oxidation sites excluding steroid dienone is 2. The van der Waals surface area contributed by atoms with Gasteiger partial charge in [0, 0.05) is 64.8 Å². The van der Waals surface area contributed by atoms with Crippen LogP contribution in [0.5, 0.6) is 0 Å². The summed E-state index contributed by atoms with van der Waals surface area (Å²) in [5.74, 6) is -0.0625. The summed E-state index contributed by atoms with van der Waals surface area (Å²) in [4.78, 5) is 14.8. The smallest absolute Gasteiger partial charge is 0.155 e. The number of para-hydroxylation sites is 2. The zero-order valence-corrected chi connectivity index (χ0v) is 28.3. The third-order valence-electron chi connectivity index (χ3n) is 7.98. The van der Waals surface area contributed by atoms with Crippen molar-refractivity contribution in [3.05, 3.63) is 109 Å². The van der Waals surface area contributed by atoms with Gasteiger partial charge in [0.2, 0.25) is 0 Å². The van der Waals surface area contributed by atoms with Gasteiger partial charge in [-0.25, -0.2) is 0 Å². The molecule has 0 fully saturated rings. The van der Waals surface area contributed by atoms with Gasteiger partial charge in [-0.05, 0) is 61.2 Å². The van der Waals surface area contributed by atoms with Crippen molar-refractivity contribution in [2.24, 2.45) is 5.41 Å². The summed E-state index contributed by atoms with van der Waals surface area (Å²) in [5.41, 5.74) is 8.96. The molecule has 0 aliphatic rings. The van der Waals surface area contributed by atoms with Gasteiger partial charge in [0.1, 0.15) is 11.2 Å². The summed E-state index contributed by atoms with van der Waals surface area (Å²) in [5, 5.41) is 15.6. The molecule has 0 aliphatic carbocycles. The number of aliphatic hydroxyl groups excluding tert-OH is 1. The van der Waals surface area contributed by atoms with Crippen molar-refractivity contribution in [3.8, 4) is 11.3 Å². The van der Waals surface area contributed by atoms with E-state index in [4.69, 9.17) is 14.5 Å². The van der Waals surface area contributed by atoms with E-state index >= 15 is 0 Å². The first-order valence-electron chi connectivity index (χ1n) is 14.9. The number of fused-ring (bicyclic) bond motifs is 10. The van der Waals surface area contributed by atoms with E-state index in [2.05, 4.69) is 104 Å². The fourth-order valence-corrected chi connectivity index (χ4v) is 6.50. The predicted octanol–water partition coefficient (Wildman–Crippen LogP) is 10.2. The Kier molecular flexibility index (Phi) is 7.76. The van der Waals surface area contributed by atoms with Gasteiger partial charge in [0.05, 0.1) is 11.3 Å². The second-order valence-electron chi connectivity index (χ2n) is 12.8. The molecule has 1 radical (unpaired) electrons. The van der Waals surface area contributed by atoms with Crippen molar-refractivity contribution in [3.63, 3.8) is 0 Å². The summed E-state index contributed by atoms with van der Waals surface area (Å²) >= 11 is 0. The molecule has 5 nitrogen and oxygen atoms in total. The Hall–Kier alpha value is -4.51. The van der Waals surface area contributed by atoms with Crippen molar-refractivity contribution in [1.29, 1.82) is 0 Å². The van der Waals surface area contributed by atoms with E-state index in [9.17, 15) is 4.79 Å². The Bertz CT molecular complexity index is 2400. The Morgan fingerprint density at radius 2 is 1.62 bits per heavy atom. The Labute approximate surface area is 274 Å². The predicted molar refractivity (Wildman–Crippen MR) is 181 cm³/mol. The monoisotopic (exact) mass is 770 g/mol. The number of benzene rings is 4. The molecule has 0 amide bonds. The molecule has 8 aromatic rings. The van der Waals surface area contributed by atoms with Crippen molar-refractivity contribution in [2.45, 2.75) is 41.0 Å². The maximum absolute atomic E-state index is 10.0. The molecule has 0 atom stereocenters. The van der Waals surface area contributed by atoms with E-state index in [0.717, 1.165) is 39.7 Å². The van der Waals surface area contributed by atoms with Crippen molar-refractivity contribution >= 4 is 65.8 Å². The molecule has 0 bridgehead atoms. The van der Waals surface area contributed by atoms with Gasteiger partial charge in [-0.3, -0.25) is 4.79 Å². The van der Waals surface area contributed by atoms with Crippen molar-refractivity contribution in [1.82, 2.24) is 9.38 Å². The molecule has 4 heterocycles. The summed E-state index contributed by atoms with van der Waals surface area (Å²) in [7, 11) is 0. The molecule has 8 rings (SSSR count). The Balaban J connectivity index is 0.000000404. The van der Waals surface area contributed by atoms with Crippen LogP contribution in [0.3, 0.4) is 0 Å². The SMILES string of the molecule is CC(=O)/C=C(/C)O.CC(C)(C)Cc1ccnc(-c2[c-]cc3c(c2)c2c4c(cc5c6ccccc6n3c52)oc2ccccc24)c1.[Ir]. The average molecular weight is 770 g/mol. The largest absolute Gasteiger partial charge is 0.512 e. The minimum absolute atomic E-state index is 0. The fraction of sp³-hybridized carbons (Fsp3) is 0.179. The minimum Gasteiger partial charge on any atom is -0.512 e. The maximum atomic E-state index is 10.0. The quantitative estimate of drug-likeness (QED) is 0.110. The average Bonchev–Trinajstić information content (AvgIpc) is 3.61. The maximum Gasteiger partial charge on any atom is 0.155 e. The van der Waals surface area contributed by atoms with Crippen molar-refractivity contribution in [2.75, 3.05) is 0 Å². The number of aromatic nitrogens is 2. The third kappa shape index (κ3) is 5.39. The van der Waals surface area contributed by atoms with E-state index in [1.165, 1.54) is 63.5 Å². The molecule has 0 unspecified atom stereocenters. The van der Waals surface area contributed by atoms with E-state index in [1.54, 1.807) is 0 Å². The molecule has 45 heavy (non-hydrogen) atoms. The first-order valence-corrected chi connectivity index (χ1v) is 14.9. The van der Waals surface area contributed by atoms with Crippen LogP contribution in [0.25, 0.3) is 71.3 Å². The molecule has 0 spiro atoms. The summed E-state index contributed by atoms with van der Waals surface area (Å²) < 4.78 is 8.81. The van der Waals surface area contributed by atoms with Crippen LogP contribution in [0, 0.1) is 11.5 Å². The van der Waals surface area contributed by atoms with Crippen LogP contribution in [-0.4, -0.2) is 20.3 Å². The number of carbonyl (C=O) groups excluding carboxylic acids is 1.